The molecule has 76 heavy (non-hydrogen) atoms. The Balaban J connectivity index is 0.000000140. The molecule has 10 heteroatoms. The maximum Gasteiger partial charge on any atom is 0.168 e. The summed E-state index contributed by atoms with van der Waals surface area (Å²) in [7, 11) is 0. The average Bonchev–Trinajstić information content (AvgIpc) is 4.31. The first-order valence-corrected chi connectivity index (χ1v) is 25.2. The van der Waals surface area contributed by atoms with Crippen molar-refractivity contribution in [2.45, 2.75) is 0 Å². The van der Waals surface area contributed by atoms with Crippen molar-refractivity contribution in [3.05, 3.63) is 267 Å². The summed E-state index contributed by atoms with van der Waals surface area (Å²) in [6.45, 7) is 0. The van der Waals surface area contributed by atoms with Crippen molar-refractivity contribution in [1.82, 2.24) is 48.6 Å². The molecule has 0 atom stereocenters. The van der Waals surface area contributed by atoms with E-state index in [1.54, 1.807) is 12.4 Å². The van der Waals surface area contributed by atoms with Gasteiger partial charge in [0, 0.05) is 79.2 Å². The van der Waals surface area contributed by atoms with E-state index in [2.05, 4.69) is 233 Å². The molecule has 0 saturated heterocycles. The maximum atomic E-state index is 4.73. The zero-order chi connectivity index (χ0) is 50.4. The SMILES string of the molecule is c1ccc(-c2nnc(-c3ccc(-n4c5ccccc5c5ccccc54)cc3)n2-c2cccc3cccnc23)cc1.c1ccc(-c2nnc(-c3ccc(-n4c5ccccc5c5ccccc54)cc3)n2-c2ccncc2)cc1. The lowest BCUT2D eigenvalue weighted by Gasteiger charge is -2.14. The Morgan fingerprint density at radius 3 is 1.07 bits per heavy atom. The second-order valence-corrected chi connectivity index (χ2v) is 18.5. The molecule has 6 aromatic heterocycles. The van der Waals surface area contributed by atoms with Crippen LogP contribution in [0.1, 0.15) is 0 Å². The summed E-state index contributed by atoms with van der Waals surface area (Å²) in [4.78, 5) is 8.93. The van der Waals surface area contributed by atoms with Crippen LogP contribution in [0.4, 0.5) is 0 Å². The number of aromatic nitrogens is 10. The second kappa shape index (κ2) is 18.8. The topological polar surface area (TPSA) is 97.1 Å². The number of rotatable bonds is 8. The number of para-hydroxylation sites is 5. The highest BCUT2D eigenvalue weighted by Crippen LogP contribution is 2.37. The van der Waals surface area contributed by atoms with Gasteiger partial charge in [-0.2, -0.15) is 0 Å². The first-order chi connectivity index (χ1) is 37.7. The zero-order valence-corrected chi connectivity index (χ0v) is 40.9. The monoisotopic (exact) mass is 976 g/mol. The molecule has 0 spiro atoms. The first kappa shape index (κ1) is 44.1. The van der Waals surface area contributed by atoms with Gasteiger partial charge in [-0.1, -0.05) is 152 Å². The third kappa shape index (κ3) is 7.59. The highest BCUT2D eigenvalue weighted by Gasteiger charge is 2.21. The fourth-order valence-corrected chi connectivity index (χ4v) is 10.6. The molecule has 0 fully saturated rings. The van der Waals surface area contributed by atoms with Gasteiger partial charge in [-0.15, -0.1) is 20.4 Å². The summed E-state index contributed by atoms with van der Waals surface area (Å²) in [6, 6.07) is 85.9. The molecule has 6 heterocycles. The standard InChI is InChI=1S/C35H23N5.C31H21N5/c1-2-10-25(11-3-1)34-37-38-35(40(34)32-18-8-12-24-13-9-23-36-33(24)32)26-19-21-27(22-20-26)39-30-16-6-4-14-28(30)29-15-5-7-17-31(29)39;1-2-8-22(9-3-1)30-33-34-31(36(30)25-18-20-32-21-19-25)23-14-16-24(17-15-23)35-28-12-6-4-10-26(28)27-11-5-7-13-29(27)35/h1-23H;1-21H. The molecule has 0 amide bonds. The molecule has 0 bridgehead atoms. The molecule has 0 saturated carbocycles. The lowest BCUT2D eigenvalue weighted by molar-refractivity contribution is 1.06. The Morgan fingerprint density at radius 1 is 0.250 bits per heavy atom. The van der Waals surface area contributed by atoms with Crippen LogP contribution in [0.25, 0.3) is 123 Å². The van der Waals surface area contributed by atoms with Crippen LogP contribution in [0, 0.1) is 0 Å². The number of pyridine rings is 2. The van der Waals surface area contributed by atoms with Gasteiger partial charge in [0.1, 0.15) is 0 Å². The van der Waals surface area contributed by atoms with Crippen molar-refractivity contribution in [3.8, 4) is 68.3 Å². The summed E-state index contributed by atoms with van der Waals surface area (Å²) in [5.74, 6) is 3.13. The molecule has 15 rings (SSSR count). The van der Waals surface area contributed by atoms with Crippen LogP contribution in [-0.4, -0.2) is 48.6 Å². The Bertz CT molecular complexity index is 4440. The summed E-state index contributed by atoms with van der Waals surface area (Å²) in [5, 5.41) is 24.7. The third-order valence-electron chi connectivity index (χ3n) is 14.1. The van der Waals surface area contributed by atoms with Crippen LogP contribution < -0.4 is 0 Å². The van der Waals surface area contributed by atoms with Crippen molar-refractivity contribution in [3.63, 3.8) is 0 Å². The van der Waals surface area contributed by atoms with E-state index in [-0.39, 0.29) is 0 Å². The van der Waals surface area contributed by atoms with E-state index in [9.17, 15) is 0 Å². The van der Waals surface area contributed by atoms with Crippen LogP contribution >= 0.6 is 0 Å². The largest absolute Gasteiger partial charge is 0.309 e. The molecule has 10 nitrogen and oxygen atoms in total. The fraction of sp³-hybridized carbons (Fsp3) is 0. The number of fused-ring (bicyclic) bond motifs is 7. The van der Waals surface area contributed by atoms with Crippen molar-refractivity contribution in [2.75, 3.05) is 0 Å². The van der Waals surface area contributed by atoms with Gasteiger partial charge in [-0.05, 0) is 97.1 Å². The minimum atomic E-state index is 0.769. The minimum Gasteiger partial charge on any atom is -0.309 e. The summed E-state index contributed by atoms with van der Waals surface area (Å²) in [6.07, 6.45) is 5.41. The quantitative estimate of drug-likeness (QED) is 0.150. The zero-order valence-electron chi connectivity index (χ0n) is 40.9. The molecule has 0 aliphatic carbocycles. The van der Waals surface area contributed by atoms with E-state index < -0.39 is 0 Å². The van der Waals surface area contributed by atoms with E-state index >= 15 is 0 Å². The Morgan fingerprint density at radius 2 is 0.618 bits per heavy atom. The fourth-order valence-electron chi connectivity index (χ4n) is 10.6. The molecule has 15 aromatic rings. The summed E-state index contributed by atoms with van der Waals surface area (Å²) >= 11 is 0. The van der Waals surface area contributed by atoms with Gasteiger partial charge < -0.3 is 9.13 Å². The summed E-state index contributed by atoms with van der Waals surface area (Å²) in [5.41, 5.74) is 13.8. The van der Waals surface area contributed by atoms with Gasteiger partial charge >= 0.3 is 0 Å². The van der Waals surface area contributed by atoms with E-state index in [0.29, 0.717) is 0 Å². The van der Waals surface area contributed by atoms with E-state index in [1.165, 1.54) is 43.6 Å². The molecular weight excluding hydrogens is 933 g/mol. The highest BCUT2D eigenvalue weighted by atomic mass is 15.3. The maximum absolute atomic E-state index is 4.73. The van der Waals surface area contributed by atoms with Gasteiger partial charge in [-0.3, -0.25) is 19.1 Å². The number of hydrogen-bond acceptors (Lipinski definition) is 6. The normalized spacial score (nSPS) is 11.4. The second-order valence-electron chi connectivity index (χ2n) is 18.5. The lowest BCUT2D eigenvalue weighted by Crippen LogP contribution is -2.02. The van der Waals surface area contributed by atoms with Crippen LogP contribution in [0.2, 0.25) is 0 Å². The van der Waals surface area contributed by atoms with Crippen LogP contribution in [0.15, 0.2) is 267 Å². The van der Waals surface area contributed by atoms with E-state index in [4.69, 9.17) is 10.1 Å². The smallest absolute Gasteiger partial charge is 0.168 e. The number of hydrogen-bond donors (Lipinski definition) is 0. The Kier molecular flexibility index (Phi) is 10.9. The minimum absolute atomic E-state index is 0.769. The average molecular weight is 977 g/mol. The molecule has 9 aromatic carbocycles. The molecule has 0 aliphatic heterocycles. The molecule has 358 valence electrons. The molecule has 0 unspecified atom stereocenters. The highest BCUT2D eigenvalue weighted by molar-refractivity contribution is 6.10. The van der Waals surface area contributed by atoms with E-state index in [0.717, 1.165) is 79.2 Å². The van der Waals surface area contributed by atoms with Crippen molar-refractivity contribution >= 4 is 54.5 Å². The predicted molar refractivity (Wildman–Crippen MR) is 306 cm³/mol. The van der Waals surface area contributed by atoms with Crippen molar-refractivity contribution in [1.29, 1.82) is 0 Å². The van der Waals surface area contributed by atoms with Gasteiger partial charge in [0.05, 0.1) is 39.0 Å². The Hall–Kier alpha value is -10.6. The van der Waals surface area contributed by atoms with Gasteiger partial charge in [0.15, 0.2) is 23.3 Å². The first-order valence-electron chi connectivity index (χ1n) is 25.2. The summed E-state index contributed by atoms with van der Waals surface area (Å²) < 4.78 is 8.85. The van der Waals surface area contributed by atoms with Crippen molar-refractivity contribution in [2.24, 2.45) is 0 Å². The van der Waals surface area contributed by atoms with Crippen LogP contribution in [0.5, 0.6) is 0 Å². The van der Waals surface area contributed by atoms with Crippen LogP contribution in [0.3, 0.4) is 0 Å². The van der Waals surface area contributed by atoms with Crippen molar-refractivity contribution < 1.29 is 0 Å². The van der Waals surface area contributed by atoms with Crippen LogP contribution in [-0.2, 0) is 0 Å². The number of benzene rings is 9. The van der Waals surface area contributed by atoms with Gasteiger partial charge in [0.2, 0.25) is 0 Å². The Labute approximate surface area is 436 Å². The number of nitrogens with zero attached hydrogens (tertiary/aromatic N) is 10. The van der Waals surface area contributed by atoms with Gasteiger partial charge in [0.25, 0.3) is 0 Å². The third-order valence-corrected chi connectivity index (χ3v) is 14.1. The van der Waals surface area contributed by atoms with E-state index in [1.807, 2.05) is 60.8 Å². The molecule has 0 aliphatic rings. The molecule has 0 radical (unpaired) electrons. The van der Waals surface area contributed by atoms with Gasteiger partial charge in [-0.25, -0.2) is 0 Å². The molecule has 0 N–H and O–H groups in total. The molecular formula is C66H44N10. The lowest BCUT2D eigenvalue weighted by atomic mass is 10.1. The predicted octanol–water partition coefficient (Wildman–Crippen LogP) is 15.3.